The van der Waals surface area contributed by atoms with E-state index in [0.29, 0.717) is 27.5 Å². The summed E-state index contributed by atoms with van der Waals surface area (Å²) >= 11 is 1.75. The first kappa shape index (κ1) is 18.6. The lowest BCUT2D eigenvalue weighted by Gasteiger charge is -2.36. The first-order valence-electron chi connectivity index (χ1n) is 9.86. The maximum Gasteiger partial charge on any atom is 0.333 e. The van der Waals surface area contributed by atoms with Crippen molar-refractivity contribution in [2.45, 2.75) is 53.0 Å². The van der Waals surface area contributed by atoms with Gasteiger partial charge in [0.2, 0.25) is 5.82 Å². The number of fused-ring (bicyclic) bond motifs is 5. The van der Waals surface area contributed by atoms with Gasteiger partial charge in [0.05, 0.1) is 5.39 Å². The summed E-state index contributed by atoms with van der Waals surface area (Å²) in [6.07, 6.45) is 7.28. The number of rotatable bonds is 4. The smallest absolute Gasteiger partial charge is 0.225 e. The van der Waals surface area contributed by atoms with Crippen molar-refractivity contribution in [2.24, 2.45) is 11.3 Å². The number of thiophene rings is 1. The molecule has 0 fully saturated rings. The van der Waals surface area contributed by atoms with Crippen molar-refractivity contribution in [1.82, 2.24) is 29.4 Å². The van der Waals surface area contributed by atoms with Crippen LogP contribution in [0.2, 0.25) is 0 Å². The maximum atomic E-state index is 12.8. The van der Waals surface area contributed by atoms with Gasteiger partial charge in [0.1, 0.15) is 16.9 Å². The molecule has 4 aromatic heterocycles. The van der Waals surface area contributed by atoms with Gasteiger partial charge in [0.15, 0.2) is 5.65 Å². The van der Waals surface area contributed by atoms with Crippen molar-refractivity contribution < 1.29 is 8.78 Å². The van der Waals surface area contributed by atoms with E-state index in [9.17, 15) is 8.78 Å². The highest BCUT2D eigenvalue weighted by atomic mass is 32.1. The zero-order valence-corrected chi connectivity index (χ0v) is 17.4. The molecule has 0 aliphatic heterocycles. The van der Waals surface area contributed by atoms with E-state index in [1.807, 2.05) is 0 Å². The summed E-state index contributed by atoms with van der Waals surface area (Å²) < 4.78 is 27.9. The lowest BCUT2D eigenvalue weighted by Crippen LogP contribution is -2.28. The van der Waals surface area contributed by atoms with Crippen LogP contribution in [-0.2, 0) is 12.8 Å². The Kier molecular flexibility index (Phi) is 4.20. The second kappa shape index (κ2) is 6.55. The van der Waals surface area contributed by atoms with E-state index in [-0.39, 0.29) is 0 Å². The van der Waals surface area contributed by atoms with Crippen LogP contribution in [0.1, 0.15) is 50.6 Å². The second-order valence-corrected chi connectivity index (χ2v) is 9.46. The van der Waals surface area contributed by atoms with Crippen LogP contribution in [0, 0.1) is 11.3 Å². The minimum atomic E-state index is -2.68. The van der Waals surface area contributed by atoms with Crippen molar-refractivity contribution in [3.8, 4) is 11.5 Å². The van der Waals surface area contributed by atoms with Crippen molar-refractivity contribution in [1.29, 1.82) is 0 Å². The summed E-state index contributed by atoms with van der Waals surface area (Å²) in [5.74, 6) is 0.996. The number of hydrogen-bond acceptors (Lipinski definition) is 5. The molecule has 4 aromatic rings. The Morgan fingerprint density at radius 3 is 2.86 bits per heavy atom. The summed E-state index contributed by atoms with van der Waals surface area (Å²) in [6.45, 7) is 4.29. The second-order valence-electron chi connectivity index (χ2n) is 8.37. The van der Waals surface area contributed by atoms with Crippen molar-refractivity contribution in [3.05, 3.63) is 29.0 Å². The quantitative estimate of drug-likeness (QED) is 0.462. The molecular formula is C20H22F2N6S. The van der Waals surface area contributed by atoms with Gasteiger partial charge in [-0.05, 0) is 42.2 Å². The molecule has 0 aromatic carbocycles. The predicted molar refractivity (Wildman–Crippen MR) is 108 cm³/mol. The van der Waals surface area contributed by atoms with E-state index < -0.39 is 6.55 Å². The Labute approximate surface area is 170 Å². The average Bonchev–Trinajstić information content (AvgIpc) is 3.41. The third-order valence-corrected chi connectivity index (χ3v) is 7.60. The van der Waals surface area contributed by atoms with Crippen LogP contribution < -0.4 is 0 Å². The molecule has 0 saturated heterocycles. The van der Waals surface area contributed by atoms with Crippen molar-refractivity contribution in [2.75, 3.05) is 0 Å². The Bertz CT molecular complexity index is 1200. The molecule has 0 saturated carbocycles. The molecule has 1 aliphatic rings. The van der Waals surface area contributed by atoms with Gasteiger partial charge in [-0.1, -0.05) is 27.2 Å². The highest BCUT2D eigenvalue weighted by Gasteiger charge is 2.33. The predicted octanol–water partition coefficient (Wildman–Crippen LogP) is 5.14. The van der Waals surface area contributed by atoms with Gasteiger partial charge in [-0.3, -0.25) is 0 Å². The molecule has 0 amide bonds. The molecule has 9 heteroatoms. The Morgan fingerprint density at radius 1 is 1.31 bits per heavy atom. The molecule has 6 nitrogen and oxygen atoms in total. The molecule has 0 N–H and O–H groups in total. The molecule has 0 radical (unpaired) electrons. The first-order chi connectivity index (χ1) is 13.9. The van der Waals surface area contributed by atoms with E-state index in [1.54, 1.807) is 22.2 Å². The Balaban J connectivity index is 1.60. The summed E-state index contributed by atoms with van der Waals surface area (Å²) in [5, 5.41) is 9.36. The fourth-order valence-corrected chi connectivity index (χ4v) is 5.47. The number of alkyl halides is 2. The van der Waals surface area contributed by atoms with E-state index in [4.69, 9.17) is 0 Å². The molecular weight excluding hydrogens is 394 g/mol. The topological polar surface area (TPSA) is 60.9 Å². The number of aryl methyl sites for hydroxylation is 1. The number of nitrogens with zero attached hydrogens (tertiary/aromatic N) is 6. The van der Waals surface area contributed by atoms with E-state index in [1.165, 1.54) is 29.1 Å². The lowest BCUT2D eigenvalue weighted by atomic mass is 9.70. The number of halogens is 2. The largest absolute Gasteiger partial charge is 0.333 e. The molecule has 5 rings (SSSR count). The van der Waals surface area contributed by atoms with Crippen LogP contribution in [0.4, 0.5) is 8.78 Å². The highest BCUT2D eigenvalue weighted by molar-refractivity contribution is 7.19. The summed E-state index contributed by atoms with van der Waals surface area (Å²) in [6, 6.07) is 1.51. The van der Waals surface area contributed by atoms with Crippen LogP contribution in [0.25, 0.3) is 27.4 Å². The van der Waals surface area contributed by atoms with Crippen LogP contribution in [0.15, 0.2) is 18.6 Å². The van der Waals surface area contributed by atoms with Crippen LogP contribution >= 0.6 is 11.3 Å². The van der Waals surface area contributed by atoms with Crippen LogP contribution in [-0.4, -0.2) is 29.4 Å². The van der Waals surface area contributed by atoms with Gasteiger partial charge < -0.3 is 0 Å². The zero-order valence-electron chi connectivity index (χ0n) is 16.6. The summed E-state index contributed by atoms with van der Waals surface area (Å²) in [4.78, 5) is 11.6. The van der Waals surface area contributed by atoms with Gasteiger partial charge in [-0.25, -0.2) is 19.2 Å². The molecule has 0 unspecified atom stereocenters. The molecule has 29 heavy (non-hydrogen) atoms. The molecule has 4 heterocycles. The molecule has 1 atom stereocenters. The Morgan fingerprint density at radius 2 is 2.14 bits per heavy atom. The van der Waals surface area contributed by atoms with E-state index >= 15 is 0 Å². The fraction of sp³-hybridized carbons (Fsp3) is 0.500. The van der Waals surface area contributed by atoms with Crippen LogP contribution in [0.5, 0.6) is 0 Å². The maximum absolute atomic E-state index is 12.8. The fourth-order valence-electron chi connectivity index (χ4n) is 4.20. The van der Waals surface area contributed by atoms with E-state index in [0.717, 1.165) is 35.1 Å². The third-order valence-electron chi connectivity index (χ3n) is 6.44. The SMILES string of the molecule is CCC(C)(C)[C@H]1CCc2c(sc3ncn4nc(-c5ccn(C(F)F)n5)nc4c23)C1. The minimum Gasteiger partial charge on any atom is -0.225 e. The first-order valence-corrected chi connectivity index (χ1v) is 10.7. The molecule has 152 valence electrons. The standard InChI is InChI=1S/C20H22F2N6S/c1-4-20(2,3)11-5-6-12-14(9-11)29-18-15(12)17-24-16(26-28(17)10-23-18)13-7-8-27(25-13)19(21)22/h7-8,10-11,19H,4-6,9H2,1-3H3/t11-/m0/s1. The van der Waals surface area contributed by atoms with Gasteiger partial charge in [0, 0.05) is 11.1 Å². The zero-order chi connectivity index (χ0) is 20.3. The highest BCUT2D eigenvalue weighted by Crippen LogP contribution is 2.45. The van der Waals surface area contributed by atoms with Crippen molar-refractivity contribution in [3.63, 3.8) is 0 Å². The molecule has 0 spiro atoms. The van der Waals surface area contributed by atoms with E-state index in [2.05, 4.69) is 40.9 Å². The normalized spacial score (nSPS) is 17.5. The lowest BCUT2D eigenvalue weighted by molar-refractivity contribution is 0.0568. The average molecular weight is 417 g/mol. The summed E-state index contributed by atoms with van der Waals surface area (Å²) in [7, 11) is 0. The number of hydrogen-bond donors (Lipinski definition) is 0. The molecule has 0 bridgehead atoms. The van der Waals surface area contributed by atoms with Gasteiger partial charge >= 0.3 is 6.55 Å². The van der Waals surface area contributed by atoms with Gasteiger partial charge in [-0.2, -0.15) is 13.9 Å². The van der Waals surface area contributed by atoms with Gasteiger partial charge in [0.25, 0.3) is 0 Å². The van der Waals surface area contributed by atoms with Gasteiger partial charge in [-0.15, -0.1) is 16.4 Å². The Hall–Kier alpha value is -2.42. The minimum absolute atomic E-state index is 0.322. The third kappa shape index (κ3) is 2.94. The summed E-state index contributed by atoms with van der Waals surface area (Å²) in [5.41, 5.74) is 2.70. The van der Waals surface area contributed by atoms with Crippen molar-refractivity contribution >= 4 is 27.2 Å². The molecule has 1 aliphatic carbocycles. The van der Waals surface area contributed by atoms with Crippen LogP contribution in [0.3, 0.4) is 0 Å². The monoisotopic (exact) mass is 416 g/mol. The number of aromatic nitrogens is 6.